The third-order valence-corrected chi connectivity index (χ3v) is 10.7. The van der Waals surface area contributed by atoms with Crippen molar-refractivity contribution in [3.05, 3.63) is 82.7 Å². The number of aromatic nitrogens is 1. The van der Waals surface area contributed by atoms with Crippen molar-refractivity contribution in [2.24, 2.45) is 17.8 Å². The maximum absolute atomic E-state index is 14.7. The molecule has 0 saturated carbocycles. The second-order valence-corrected chi connectivity index (χ2v) is 13.9. The zero-order valence-corrected chi connectivity index (χ0v) is 28.9. The highest BCUT2D eigenvalue weighted by Crippen LogP contribution is 2.44. The maximum Gasteiger partial charge on any atom is 0.416 e. The van der Waals surface area contributed by atoms with Gasteiger partial charge >= 0.3 is 12.1 Å². The van der Waals surface area contributed by atoms with Crippen molar-refractivity contribution in [3.8, 4) is 5.75 Å². The number of likely N-dealkylation sites (tertiary alicyclic amines) is 1. The highest BCUT2D eigenvalue weighted by molar-refractivity contribution is 5.82. The van der Waals surface area contributed by atoms with Crippen LogP contribution in [0.4, 0.5) is 24.5 Å². The number of benzene rings is 2. The molecule has 268 valence electrons. The first-order chi connectivity index (χ1) is 23.9. The molecular formula is C38H45F3N4O5. The van der Waals surface area contributed by atoms with Crippen LogP contribution in [0.15, 0.2) is 54.6 Å². The number of carboxylic acid groups (broad SMARTS) is 1. The van der Waals surface area contributed by atoms with Crippen LogP contribution >= 0.6 is 0 Å². The standard InChI is InChI=1S/C38H45F3N4O5/c1-23-15-29(16-24(2)42-23)44-19-32(25-5-8-30(50-4)9-6-25)34(21-44)36(46)45-18-27(22-49-3)33(20-45)31-10-7-28(38(39,40)41)17-35(31)43-13-11-26(12-14-43)37(47)48/h5-10,15-17,26-27,32-34H,11-14,18-22H2,1-4H3,(H,47,48)/t27-,32+,33+,34-/m1/s1. The first-order valence-corrected chi connectivity index (χ1v) is 17.2. The second kappa shape index (κ2) is 14.5. The van der Waals surface area contributed by atoms with Crippen molar-refractivity contribution >= 4 is 23.3 Å². The molecule has 1 aromatic heterocycles. The first kappa shape index (κ1) is 35.5. The smallest absolute Gasteiger partial charge is 0.416 e. The van der Waals surface area contributed by atoms with Crippen LogP contribution in [0.5, 0.6) is 5.75 Å². The number of halogens is 3. The van der Waals surface area contributed by atoms with Gasteiger partial charge in [0.15, 0.2) is 0 Å². The van der Waals surface area contributed by atoms with Gasteiger partial charge in [0.2, 0.25) is 5.91 Å². The number of amides is 1. The van der Waals surface area contributed by atoms with Gasteiger partial charge in [0.1, 0.15) is 5.75 Å². The Morgan fingerprint density at radius 2 is 1.56 bits per heavy atom. The Bertz CT molecular complexity index is 1670. The summed E-state index contributed by atoms with van der Waals surface area (Å²) in [5.41, 5.74) is 4.29. The van der Waals surface area contributed by atoms with E-state index in [1.54, 1.807) is 20.3 Å². The van der Waals surface area contributed by atoms with Crippen LogP contribution < -0.4 is 14.5 Å². The minimum absolute atomic E-state index is 0.00940. The summed E-state index contributed by atoms with van der Waals surface area (Å²) in [6, 6.07) is 15.8. The lowest BCUT2D eigenvalue weighted by atomic mass is 9.86. The van der Waals surface area contributed by atoms with Gasteiger partial charge in [-0.25, -0.2) is 0 Å². The Kier molecular flexibility index (Phi) is 10.3. The summed E-state index contributed by atoms with van der Waals surface area (Å²) in [5, 5.41) is 9.53. The predicted octanol–water partition coefficient (Wildman–Crippen LogP) is 6.14. The summed E-state index contributed by atoms with van der Waals surface area (Å²) in [6.07, 6.45) is -3.83. The summed E-state index contributed by atoms with van der Waals surface area (Å²) in [5.74, 6) is -1.53. The van der Waals surface area contributed by atoms with Gasteiger partial charge in [-0.15, -0.1) is 0 Å². The average molecular weight is 695 g/mol. The van der Waals surface area contributed by atoms with Crippen LogP contribution in [0.2, 0.25) is 0 Å². The lowest BCUT2D eigenvalue weighted by molar-refractivity contribution is -0.142. The largest absolute Gasteiger partial charge is 0.497 e. The number of hydrogen-bond acceptors (Lipinski definition) is 7. The number of piperidine rings is 1. The van der Waals surface area contributed by atoms with Crippen molar-refractivity contribution in [1.82, 2.24) is 9.88 Å². The van der Waals surface area contributed by atoms with Gasteiger partial charge in [-0.3, -0.25) is 14.6 Å². The lowest BCUT2D eigenvalue weighted by Gasteiger charge is -2.35. The fourth-order valence-corrected chi connectivity index (χ4v) is 8.14. The van der Waals surface area contributed by atoms with Crippen molar-refractivity contribution in [2.75, 3.05) is 69.9 Å². The molecule has 1 N–H and O–H groups in total. The number of nitrogens with zero attached hydrogens (tertiary/aromatic N) is 4. The predicted molar refractivity (Wildman–Crippen MR) is 184 cm³/mol. The summed E-state index contributed by atoms with van der Waals surface area (Å²) >= 11 is 0. The van der Waals surface area contributed by atoms with Crippen LogP contribution in [0.1, 0.15) is 52.8 Å². The normalized spacial score (nSPS) is 23.1. The fraction of sp³-hybridized carbons (Fsp3) is 0.500. The van der Waals surface area contributed by atoms with E-state index in [-0.39, 0.29) is 29.6 Å². The topological polar surface area (TPSA) is 95.4 Å². The molecule has 12 heteroatoms. The van der Waals surface area contributed by atoms with E-state index in [0.717, 1.165) is 40.0 Å². The molecule has 3 aromatic rings. The minimum Gasteiger partial charge on any atom is -0.497 e. The van der Waals surface area contributed by atoms with Crippen molar-refractivity contribution in [3.63, 3.8) is 0 Å². The van der Waals surface area contributed by atoms with Crippen LogP contribution in [0, 0.1) is 31.6 Å². The zero-order chi connectivity index (χ0) is 35.7. The van der Waals surface area contributed by atoms with E-state index in [2.05, 4.69) is 9.88 Å². The van der Waals surface area contributed by atoms with Gasteiger partial charge in [0, 0.05) is 86.9 Å². The molecule has 1 amide bonds. The third kappa shape index (κ3) is 7.40. The highest BCUT2D eigenvalue weighted by Gasteiger charge is 2.45. The fourth-order valence-electron chi connectivity index (χ4n) is 8.14. The van der Waals surface area contributed by atoms with Crippen molar-refractivity contribution < 1.29 is 37.3 Å². The Morgan fingerprint density at radius 1 is 0.880 bits per heavy atom. The molecule has 9 nitrogen and oxygen atoms in total. The number of methoxy groups -OCH3 is 2. The Labute approximate surface area is 291 Å². The van der Waals surface area contributed by atoms with E-state index < -0.39 is 23.6 Å². The van der Waals surface area contributed by atoms with Gasteiger partial charge < -0.3 is 29.3 Å². The van der Waals surface area contributed by atoms with E-state index in [9.17, 15) is 27.9 Å². The second-order valence-electron chi connectivity index (χ2n) is 13.9. The molecule has 4 heterocycles. The summed E-state index contributed by atoms with van der Waals surface area (Å²) in [7, 11) is 3.21. The molecule has 50 heavy (non-hydrogen) atoms. The molecular weight excluding hydrogens is 649 g/mol. The molecule has 0 spiro atoms. The number of anilines is 2. The Balaban J connectivity index is 1.31. The maximum atomic E-state index is 14.7. The summed E-state index contributed by atoms with van der Waals surface area (Å²) in [6.45, 7) is 6.84. The number of carboxylic acids is 1. The van der Waals surface area contributed by atoms with E-state index in [0.29, 0.717) is 64.4 Å². The van der Waals surface area contributed by atoms with Gasteiger partial charge in [-0.1, -0.05) is 18.2 Å². The van der Waals surface area contributed by atoms with E-state index in [1.165, 1.54) is 6.07 Å². The van der Waals surface area contributed by atoms with Crippen LogP contribution in [-0.4, -0.2) is 87.0 Å². The molecule has 0 unspecified atom stereocenters. The van der Waals surface area contributed by atoms with E-state index in [4.69, 9.17) is 9.47 Å². The average Bonchev–Trinajstić information content (AvgIpc) is 3.73. The molecule has 3 aliphatic rings. The third-order valence-electron chi connectivity index (χ3n) is 10.7. The molecule has 0 radical (unpaired) electrons. The highest BCUT2D eigenvalue weighted by atomic mass is 19.4. The van der Waals surface area contributed by atoms with E-state index in [1.807, 2.05) is 60.0 Å². The number of aliphatic carboxylic acids is 1. The SMILES string of the molecule is COC[C@H]1CN(C(=O)[C@@H]2CN(c3cc(C)nc(C)c3)C[C@H]2c2ccc(OC)cc2)C[C@@H]1c1ccc(C(F)(F)F)cc1N1CCC(C(=O)O)CC1. The number of rotatable bonds is 9. The first-order valence-electron chi connectivity index (χ1n) is 17.2. The molecule has 4 atom stereocenters. The number of carbonyl (C=O) groups is 2. The minimum atomic E-state index is -4.53. The Morgan fingerprint density at radius 3 is 2.16 bits per heavy atom. The number of alkyl halides is 3. The number of carbonyl (C=O) groups excluding carboxylic acids is 1. The quantitative estimate of drug-likeness (QED) is 0.286. The van der Waals surface area contributed by atoms with Gasteiger partial charge in [-0.05, 0) is 74.2 Å². The number of hydrogen-bond donors (Lipinski definition) is 1. The van der Waals surface area contributed by atoms with Crippen molar-refractivity contribution in [2.45, 2.75) is 44.7 Å². The molecule has 6 rings (SSSR count). The summed E-state index contributed by atoms with van der Waals surface area (Å²) in [4.78, 5) is 36.8. The van der Waals surface area contributed by atoms with Gasteiger partial charge in [0.05, 0.1) is 31.1 Å². The molecule has 2 aromatic carbocycles. The number of ether oxygens (including phenoxy) is 2. The number of pyridine rings is 1. The van der Waals surface area contributed by atoms with Gasteiger partial charge in [-0.2, -0.15) is 13.2 Å². The Hall–Kier alpha value is -4.32. The molecule has 3 saturated heterocycles. The number of aryl methyl sites for hydroxylation is 2. The van der Waals surface area contributed by atoms with E-state index >= 15 is 0 Å². The monoisotopic (exact) mass is 694 g/mol. The van der Waals surface area contributed by atoms with Crippen LogP contribution in [0.3, 0.4) is 0 Å². The lowest BCUT2D eigenvalue weighted by Crippen LogP contribution is -2.38. The molecule has 3 fully saturated rings. The summed E-state index contributed by atoms with van der Waals surface area (Å²) < 4.78 is 53.0. The van der Waals surface area contributed by atoms with Crippen molar-refractivity contribution in [1.29, 1.82) is 0 Å². The molecule has 0 aliphatic carbocycles. The zero-order valence-electron chi connectivity index (χ0n) is 28.9. The molecule has 0 bridgehead atoms. The molecule has 3 aliphatic heterocycles. The van der Waals surface area contributed by atoms with Crippen LogP contribution in [-0.2, 0) is 20.5 Å². The van der Waals surface area contributed by atoms with Crippen LogP contribution in [0.25, 0.3) is 0 Å². The van der Waals surface area contributed by atoms with Gasteiger partial charge in [0.25, 0.3) is 0 Å².